The number of nitriles is 1. The van der Waals surface area contributed by atoms with E-state index < -0.39 is 0 Å². The van der Waals surface area contributed by atoms with Crippen LogP contribution in [0.4, 0.5) is 5.69 Å². The number of anilines is 1. The molecule has 0 aromatic heterocycles. The molecule has 106 valence electrons. The predicted octanol–water partition coefficient (Wildman–Crippen LogP) is 2.34. The summed E-state index contributed by atoms with van der Waals surface area (Å²) in [5.41, 5.74) is 8.40. The van der Waals surface area contributed by atoms with Gasteiger partial charge in [0.1, 0.15) is 0 Å². The number of nitrogens with two attached hydrogens (primary N) is 1. The molecule has 0 radical (unpaired) electrons. The minimum Gasteiger partial charge on any atom is -0.330 e. The monoisotopic (exact) mass is 279 g/mol. The van der Waals surface area contributed by atoms with Gasteiger partial charge in [0, 0.05) is 18.3 Å². The highest BCUT2D eigenvalue weighted by atomic mass is 16.2. The summed E-state index contributed by atoms with van der Waals surface area (Å²) >= 11 is 0. The fourth-order valence-corrected chi connectivity index (χ4v) is 2.18. The Morgan fingerprint density at radius 1 is 1.24 bits per heavy atom. The summed E-state index contributed by atoms with van der Waals surface area (Å²) in [5, 5.41) is 8.95. The van der Waals surface area contributed by atoms with Gasteiger partial charge < -0.3 is 10.6 Å². The number of hydrogen-bond acceptors (Lipinski definition) is 3. The molecule has 0 aliphatic carbocycles. The molecule has 2 aromatic rings. The summed E-state index contributed by atoms with van der Waals surface area (Å²) in [6, 6.07) is 16.5. The Labute approximate surface area is 124 Å². The Balaban J connectivity index is 2.33. The van der Waals surface area contributed by atoms with Crippen molar-refractivity contribution >= 4 is 11.6 Å². The van der Waals surface area contributed by atoms with Gasteiger partial charge in [-0.15, -0.1) is 0 Å². The lowest BCUT2D eigenvalue weighted by molar-refractivity contribution is 0.0992. The molecule has 2 rings (SSSR count). The number of hydrogen-bond donors (Lipinski definition) is 1. The van der Waals surface area contributed by atoms with Crippen molar-refractivity contribution in [3.8, 4) is 6.07 Å². The Bertz CT molecular complexity index is 688. The first-order valence-electron chi connectivity index (χ1n) is 6.73. The SMILES string of the molecule is CN(C(=O)c1ccccc1CCN)c1cccc(C#N)c1. The summed E-state index contributed by atoms with van der Waals surface area (Å²) in [7, 11) is 1.71. The van der Waals surface area contributed by atoms with Crippen molar-refractivity contribution < 1.29 is 4.79 Å². The number of benzene rings is 2. The number of amides is 1. The fourth-order valence-electron chi connectivity index (χ4n) is 2.18. The maximum absolute atomic E-state index is 12.6. The highest BCUT2D eigenvalue weighted by molar-refractivity contribution is 6.06. The van der Waals surface area contributed by atoms with Crippen LogP contribution in [0.2, 0.25) is 0 Å². The van der Waals surface area contributed by atoms with E-state index in [9.17, 15) is 4.79 Å². The van der Waals surface area contributed by atoms with E-state index in [4.69, 9.17) is 11.0 Å². The molecule has 0 bridgehead atoms. The first-order chi connectivity index (χ1) is 10.2. The van der Waals surface area contributed by atoms with Gasteiger partial charge in [-0.3, -0.25) is 4.79 Å². The van der Waals surface area contributed by atoms with Crippen molar-refractivity contribution in [1.82, 2.24) is 0 Å². The zero-order chi connectivity index (χ0) is 15.2. The van der Waals surface area contributed by atoms with Crippen LogP contribution in [0.5, 0.6) is 0 Å². The van der Waals surface area contributed by atoms with Gasteiger partial charge >= 0.3 is 0 Å². The number of rotatable bonds is 4. The van der Waals surface area contributed by atoms with Crippen molar-refractivity contribution in [3.05, 3.63) is 65.2 Å². The van der Waals surface area contributed by atoms with Gasteiger partial charge in [-0.05, 0) is 42.8 Å². The topological polar surface area (TPSA) is 70.1 Å². The van der Waals surface area contributed by atoms with E-state index in [1.807, 2.05) is 24.3 Å². The smallest absolute Gasteiger partial charge is 0.258 e. The normalized spacial score (nSPS) is 9.95. The number of carbonyl (C=O) groups is 1. The van der Waals surface area contributed by atoms with Crippen LogP contribution in [-0.4, -0.2) is 19.5 Å². The van der Waals surface area contributed by atoms with Gasteiger partial charge in [0.05, 0.1) is 11.6 Å². The van der Waals surface area contributed by atoms with E-state index in [-0.39, 0.29) is 5.91 Å². The second-order valence-corrected chi connectivity index (χ2v) is 4.72. The largest absolute Gasteiger partial charge is 0.330 e. The van der Waals surface area contributed by atoms with Crippen LogP contribution in [0, 0.1) is 11.3 Å². The van der Waals surface area contributed by atoms with Crippen molar-refractivity contribution in [3.63, 3.8) is 0 Å². The molecule has 0 spiro atoms. The van der Waals surface area contributed by atoms with Gasteiger partial charge in [0.2, 0.25) is 0 Å². The Morgan fingerprint density at radius 2 is 2.00 bits per heavy atom. The van der Waals surface area contributed by atoms with Crippen molar-refractivity contribution in [2.24, 2.45) is 5.73 Å². The van der Waals surface area contributed by atoms with Gasteiger partial charge in [-0.25, -0.2) is 0 Å². The molecule has 4 heteroatoms. The van der Waals surface area contributed by atoms with Gasteiger partial charge in [0.25, 0.3) is 5.91 Å². The molecule has 0 heterocycles. The molecule has 0 atom stereocenters. The van der Waals surface area contributed by atoms with Gasteiger partial charge in [-0.1, -0.05) is 24.3 Å². The Kier molecular flexibility index (Phi) is 4.70. The molecular formula is C17H17N3O. The summed E-state index contributed by atoms with van der Waals surface area (Å²) in [5.74, 6) is -0.103. The average Bonchev–Trinajstić information content (AvgIpc) is 2.54. The fraction of sp³-hybridized carbons (Fsp3) is 0.176. The molecule has 0 saturated heterocycles. The standard InChI is InChI=1S/C17H17N3O/c1-20(15-7-4-5-13(11-15)12-19)17(21)16-8-3-2-6-14(16)9-10-18/h2-8,11H,9-10,18H2,1H3. The minimum absolute atomic E-state index is 0.103. The van der Waals surface area contributed by atoms with Crippen LogP contribution in [0.25, 0.3) is 0 Å². The van der Waals surface area contributed by atoms with Crippen LogP contribution in [0.3, 0.4) is 0 Å². The molecule has 0 aliphatic heterocycles. The van der Waals surface area contributed by atoms with Crippen LogP contribution in [-0.2, 0) is 6.42 Å². The maximum Gasteiger partial charge on any atom is 0.258 e. The zero-order valence-corrected chi connectivity index (χ0v) is 11.9. The van der Waals surface area contributed by atoms with E-state index in [2.05, 4.69) is 6.07 Å². The minimum atomic E-state index is -0.103. The molecule has 2 N–H and O–H groups in total. The molecule has 21 heavy (non-hydrogen) atoms. The lowest BCUT2D eigenvalue weighted by Gasteiger charge is -2.19. The predicted molar refractivity (Wildman–Crippen MR) is 83.1 cm³/mol. The summed E-state index contributed by atoms with van der Waals surface area (Å²) < 4.78 is 0. The van der Waals surface area contributed by atoms with Crippen molar-refractivity contribution in [1.29, 1.82) is 5.26 Å². The average molecular weight is 279 g/mol. The first-order valence-corrected chi connectivity index (χ1v) is 6.73. The highest BCUT2D eigenvalue weighted by Gasteiger charge is 2.16. The third-order valence-corrected chi connectivity index (χ3v) is 3.33. The number of nitrogens with zero attached hydrogens (tertiary/aromatic N) is 2. The third kappa shape index (κ3) is 3.28. The molecule has 0 fully saturated rings. The van der Waals surface area contributed by atoms with Crippen molar-refractivity contribution in [2.45, 2.75) is 6.42 Å². The lowest BCUT2D eigenvalue weighted by Crippen LogP contribution is -2.27. The van der Waals surface area contributed by atoms with Crippen LogP contribution < -0.4 is 10.6 Å². The van der Waals surface area contributed by atoms with E-state index >= 15 is 0 Å². The van der Waals surface area contributed by atoms with E-state index in [1.54, 1.807) is 36.2 Å². The lowest BCUT2D eigenvalue weighted by atomic mass is 10.0. The second kappa shape index (κ2) is 6.69. The summed E-state index contributed by atoms with van der Waals surface area (Å²) in [6.07, 6.45) is 0.661. The molecule has 4 nitrogen and oxygen atoms in total. The number of carbonyl (C=O) groups excluding carboxylic acids is 1. The van der Waals surface area contributed by atoms with Gasteiger partial charge in [0.15, 0.2) is 0 Å². The molecule has 0 unspecified atom stereocenters. The molecule has 1 amide bonds. The molecular weight excluding hydrogens is 262 g/mol. The second-order valence-electron chi connectivity index (χ2n) is 4.72. The Hall–Kier alpha value is -2.64. The summed E-state index contributed by atoms with van der Waals surface area (Å²) in [6.45, 7) is 0.498. The Morgan fingerprint density at radius 3 is 2.71 bits per heavy atom. The first kappa shape index (κ1) is 14.8. The van der Waals surface area contributed by atoms with Crippen LogP contribution in [0.1, 0.15) is 21.5 Å². The zero-order valence-electron chi connectivity index (χ0n) is 11.9. The van der Waals surface area contributed by atoms with Crippen LogP contribution >= 0.6 is 0 Å². The van der Waals surface area contributed by atoms with E-state index in [0.29, 0.717) is 29.8 Å². The van der Waals surface area contributed by atoms with E-state index in [0.717, 1.165) is 5.56 Å². The molecule has 0 saturated carbocycles. The molecule has 0 aliphatic rings. The summed E-state index contributed by atoms with van der Waals surface area (Å²) in [4.78, 5) is 14.2. The third-order valence-electron chi connectivity index (χ3n) is 3.33. The van der Waals surface area contributed by atoms with Gasteiger partial charge in [-0.2, -0.15) is 5.26 Å². The molecule has 2 aromatic carbocycles. The maximum atomic E-state index is 12.6. The highest BCUT2D eigenvalue weighted by Crippen LogP contribution is 2.19. The quantitative estimate of drug-likeness (QED) is 0.933. The van der Waals surface area contributed by atoms with Crippen molar-refractivity contribution in [2.75, 3.05) is 18.5 Å². The van der Waals surface area contributed by atoms with Crippen LogP contribution in [0.15, 0.2) is 48.5 Å². The van der Waals surface area contributed by atoms with E-state index in [1.165, 1.54) is 0 Å².